The van der Waals surface area contributed by atoms with Gasteiger partial charge in [0.15, 0.2) is 5.13 Å². The van der Waals surface area contributed by atoms with Crippen LogP contribution in [0.25, 0.3) is 0 Å². The summed E-state index contributed by atoms with van der Waals surface area (Å²) in [4.78, 5) is 32.7. The van der Waals surface area contributed by atoms with Crippen LogP contribution >= 0.6 is 11.3 Å². The fraction of sp³-hybridized carbons (Fsp3) is 0.450. The number of nitrogens with zero attached hydrogens (tertiary/aromatic N) is 3. The fourth-order valence-electron chi connectivity index (χ4n) is 2.38. The van der Waals surface area contributed by atoms with Gasteiger partial charge in [-0.25, -0.2) is 9.37 Å². The lowest BCUT2D eigenvalue weighted by Gasteiger charge is -2.24. The molecule has 0 unspecified atom stereocenters. The number of halogens is 1. The highest BCUT2D eigenvalue weighted by Crippen LogP contribution is 2.18. The van der Waals surface area contributed by atoms with E-state index in [9.17, 15) is 14.0 Å². The molecule has 0 aliphatic heterocycles. The van der Waals surface area contributed by atoms with Gasteiger partial charge in [0.1, 0.15) is 5.82 Å². The van der Waals surface area contributed by atoms with E-state index >= 15 is 0 Å². The fourth-order valence-corrected chi connectivity index (χ4v) is 3.10. The summed E-state index contributed by atoms with van der Waals surface area (Å²) in [7, 11) is 3.90. The molecule has 1 heterocycles. The molecule has 0 aliphatic rings. The zero-order chi connectivity index (χ0) is 20.7. The van der Waals surface area contributed by atoms with Crippen LogP contribution in [-0.2, 0) is 22.6 Å². The van der Waals surface area contributed by atoms with Crippen molar-refractivity contribution in [2.75, 3.05) is 32.5 Å². The zero-order valence-electron chi connectivity index (χ0n) is 16.7. The Bertz CT molecular complexity index is 790. The third kappa shape index (κ3) is 7.01. The van der Waals surface area contributed by atoms with E-state index in [-0.39, 0.29) is 30.0 Å². The summed E-state index contributed by atoms with van der Waals surface area (Å²) in [5, 5.41) is 5.04. The number of carbonyl (C=O) groups is 2. The SMILES string of the molecule is CC(C)C(=O)Nc1nc(CC(=O)N(CCN(C)C)Cc2ccc(F)cc2)cs1. The van der Waals surface area contributed by atoms with E-state index in [1.807, 2.05) is 32.8 Å². The van der Waals surface area contributed by atoms with Crippen molar-refractivity contribution in [2.24, 2.45) is 5.92 Å². The van der Waals surface area contributed by atoms with E-state index in [1.165, 1.54) is 23.5 Å². The maximum absolute atomic E-state index is 13.1. The first-order chi connectivity index (χ1) is 13.2. The number of hydrogen-bond acceptors (Lipinski definition) is 5. The first-order valence-corrected chi connectivity index (χ1v) is 10.0. The van der Waals surface area contributed by atoms with Crippen molar-refractivity contribution in [3.63, 3.8) is 0 Å². The Morgan fingerprint density at radius 1 is 1.18 bits per heavy atom. The Kier molecular flexibility index (Phi) is 8.07. The number of hydrogen-bond donors (Lipinski definition) is 1. The second-order valence-electron chi connectivity index (χ2n) is 7.21. The van der Waals surface area contributed by atoms with E-state index in [2.05, 4.69) is 10.3 Å². The van der Waals surface area contributed by atoms with Crippen LogP contribution in [0.4, 0.5) is 9.52 Å². The molecule has 2 rings (SSSR count). The van der Waals surface area contributed by atoms with E-state index in [4.69, 9.17) is 0 Å². The van der Waals surface area contributed by atoms with Crippen LogP contribution in [0.2, 0.25) is 0 Å². The molecule has 2 amide bonds. The van der Waals surface area contributed by atoms with Gasteiger partial charge in [0.05, 0.1) is 12.1 Å². The van der Waals surface area contributed by atoms with Gasteiger partial charge in [-0.2, -0.15) is 0 Å². The van der Waals surface area contributed by atoms with Crippen molar-refractivity contribution < 1.29 is 14.0 Å². The lowest BCUT2D eigenvalue weighted by Crippen LogP contribution is -2.37. The smallest absolute Gasteiger partial charge is 0.228 e. The van der Waals surface area contributed by atoms with Crippen molar-refractivity contribution >= 4 is 28.3 Å². The summed E-state index contributed by atoms with van der Waals surface area (Å²) in [6.07, 6.45) is 0.155. The van der Waals surface area contributed by atoms with Crippen molar-refractivity contribution in [3.05, 3.63) is 46.7 Å². The topological polar surface area (TPSA) is 65.5 Å². The third-order valence-electron chi connectivity index (χ3n) is 4.10. The molecule has 2 aromatic rings. The number of carbonyl (C=O) groups excluding carboxylic acids is 2. The Hall–Kier alpha value is -2.32. The number of amides is 2. The van der Waals surface area contributed by atoms with Gasteiger partial charge < -0.3 is 15.1 Å². The molecule has 0 saturated heterocycles. The molecule has 0 radical (unpaired) electrons. The van der Waals surface area contributed by atoms with Crippen LogP contribution in [0.5, 0.6) is 0 Å². The van der Waals surface area contributed by atoms with Crippen LogP contribution in [0.1, 0.15) is 25.1 Å². The van der Waals surface area contributed by atoms with Crippen molar-refractivity contribution in [3.8, 4) is 0 Å². The normalized spacial score (nSPS) is 11.1. The molecule has 0 bridgehead atoms. The zero-order valence-corrected chi connectivity index (χ0v) is 17.6. The molecule has 1 N–H and O–H groups in total. The Morgan fingerprint density at radius 3 is 2.46 bits per heavy atom. The predicted molar refractivity (Wildman–Crippen MR) is 110 cm³/mol. The molecule has 0 spiro atoms. The lowest BCUT2D eigenvalue weighted by atomic mass is 10.2. The summed E-state index contributed by atoms with van der Waals surface area (Å²) in [5.74, 6) is -0.589. The van der Waals surface area contributed by atoms with E-state index < -0.39 is 0 Å². The average Bonchev–Trinajstić information content (AvgIpc) is 3.06. The first-order valence-electron chi connectivity index (χ1n) is 9.17. The quantitative estimate of drug-likeness (QED) is 0.695. The second kappa shape index (κ2) is 10.3. The molecule has 1 aromatic carbocycles. The number of benzene rings is 1. The second-order valence-corrected chi connectivity index (χ2v) is 8.07. The minimum atomic E-state index is -0.298. The van der Waals surface area contributed by atoms with E-state index in [0.717, 1.165) is 12.1 Å². The molecule has 0 aliphatic carbocycles. The van der Waals surface area contributed by atoms with Crippen LogP contribution in [0.3, 0.4) is 0 Å². The number of rotatable bonds is 9. The van der Waals surface area contributed by atoms with Crippen LogP contribution < -0.4 is 5.32 Å². The Morgan fingerprint density at radius 2 is 1.86 bits per heavy atom. The van der Waals surface area contributed by atoms with E-state index in [0.29, 0.717) is 23.9 Å². The highest BCUT2D eigenvalue weighted by atomic mass is 32.1. The van der Waals surface area contributed by atoms with Gasteiger partial charge in [0.25, 0.3) is 0 Å². The van der Waals surface area contributed by atoms with Gasteiger partial charge in [0.2, 0.25) is 11.8 Å². The maximum atomic E-state index is 13.1. The third-order valence-corrected chi connectivity index (χ3v) is 4.90. The number of likely N-dealkylation sites (N-methyl/N-ethyl adjacent to an activating group) is 1. The van der Waals surface area contributed by atoms with Crippen LogP contribution in [0, 0.1) is 11.7 Å². The van der Waals surface area contributed by atoms with Gasteiger partial charge in [-0.1, -0.05) is 26.0 Å². The summed E-state index contributed by atoms with van der Waals surface area (Å²) in [6.45, 7) is 5.31. The molecule has 28 heavy (non-hydrogen) atoms. The molecule has 0 saturated carbocycles. The van der Waals surface area contributed by atoms with Gasteiger partial charge >= 0.3 is 0 Å². The summed E-state index contributed by atoms with van der Waals surface area (Å²) >= 11 is 1.31. The van der Waals surface area contributed by atoms with E-state index in [1.54, 1.807) is 22.4 Å². The monoisotopic (exact) mass is 406 g/mol. The van der Waals surface area contributed by atoms with Crippen molar-refractivity contribution in [1.29, 1.82) is 0 Å². The van der Waals surface area contributed by atoms with Gasteiger partial charge in [0, 0.05) is 30.9 Å². The molecule has 152 valence electrons. The Balaban J connectivity index is 2.03. The summed E-state index contributed by atoms with van der Waals surface area (Å²) in [5.41, 5.74) is 1.50. The molecular weight excluding hydrogens is 379 g/mol. The standard InChI is InChI=1S/C20H27FN4O2S/c1-14(2)19(27)23-20-22-17(13-28-20)11-18(26)25(10-9-24(3)4)12-15-5-7-16(21)8-6-15/h5-8,13-14H,9-12H2,1-4H3,(H,22,23,27). The van der Waals surface area contributed by atoms with Crippen molar-refractivity contribution in [1.82, 2.24) is 14.8 Å². The largest absolute Gasteiger partial charge is 0.337 e. The van der Waals surface area contributed by atoms with Crippen LogP contribution in [0.15, 0.2) is 29.6 Å². The van der Waals surface area contributed by atoms with Gasteiger partial charge in [-0.3, -0.25) is 9.59 Å². The molecule has 8 heteroatoms. The number of anilines is 1. The number of nitrogens with one attached hydrogen (secondary N) is 1. The number of aromatic nitrogens is 1. The summed E-state index contributed by atoms with van der Waals surface area (Å²) in [6, 6.07) is 6.17. The Labute approximate surface area is 169 Å². The first kappa shape index (κ1) is 22.0. The molecule has 1 aromatic heterocycles. The molecule has 0 atom stereocenters. The van der Waals surface area contributed by atoms with Crippen molar-refractivity contribution in [2.45, 2.75) is 26.8 Å². The van der Waals surface area contributed by atoms with Crippen LogP contribution in [-0.4, -0.2) is 53.8 Å². The average molecular weight is 407 g/mol. The molecule has 6 nitrogen and oxygen atoms in total. The highest BCUT2D eigenvalue weighted by Gasteiger charge is 2.17. The predicted octanol–water partition coefficient (Wildman–Crippen LogP) is 3.01. The summed E-state index contributed by atoms with van der Waals surface area (Å²) < 4.78 is 13.1. The minimum Gasteiger partial charge on any atom is -0.337 e. The lowest BCUT2D eigenvalue weighted by molar-refractivity contribution is -0.131. The molecular formula is C20H27FN4O2S. The minimum absolute atomic E-state index is 0.0572. The van der Waals surface area contributed by atoms with Gasteiger partial charge in [-0.15, -0.1) is 11.3 Å². The molecule has 0 fully saturated rings. The number of thiazole rings is 1. The van der Waals surface area contributed by atoms with Gasteiger partial charge in [-0.05, 0) is 31.8 Å². The maximum Gasteiger partial charge on any atom is 0.228 e. The highest BCUT2D eigenvalue weighted by molar-refractivity contribution is 7.13.